The minimum absolute atomic E-state index is 0.0751. The zero-order valence-corrected chi connectivity index (χ0v) is 18.8. The van der Waals surface area contributed by atoms with E-state index in [4.69, 9.17) is 4.74 Å². The standard InChI is InChI=1S/C23H27N5O2S/c1-4-6-19-25-26-23-28(19)27-20(16-9-13-18(30-3)14-10-16)21(31-23)22(29)24-17-11-7-15(5-2)8-12-17/h7-14,20-21,27H,4-6H2,1-3H3,(H,24,29)/t20-,21+/m0/s1. The summed E-state index contributed by atoms with van der Waals surface area (Å²) in [5.74, 6) is 1.58. The van der Waals surface area contributed by atoms with E-state index >= 15 is 0 Å². The molecule has 0 bridgehead atoms. The van der Waals surface area contributed by atoms with Crippen LogP contribution in [0.5, 0.6) is 5.75 Å². The van der Waals surface area contributed by atoms with Gasteiger partial charge in [-0.05, 0) is 48.2 Å². The Morgan fingerprint density at radius 2 is 1.87 bits per heavy atom. The Bertz CT molecular complexity index is 1030. The highest BCUT2D eigenvalue weighted by Gasteiger charge is 2.37. The summed E-state index contributed by atoms with van der Waals surface area (Å²) in [6, 6.07) is 15.5. The quantitative estimate of drug-likeness (QED) is 0.577. The van der Waals surface area contributed by atoms with Gasteiger partial charge < -0.3 is 15.5 Å². The number of nitrogens with zero attached hydrogens (tertiary/aromatic N) is 3. The van der Waals surface area contributed by atoms with Gasteiger partial charge in [0.2, 0.25) is 11.1 Å². The van der Waals surface area contributed by atoms with Gasteiger partial charge in [0.25, 0.3) is 0 Å². The molecule has 0 saturated heterocycles. The Labute approximate surface area is 186 Å². The maximum atomic E-state index is 13.3. The van der Waals surface area contributed by atoms with E-state index in [0.29, 0.717) is 5.16 Å². The van der Waals surface area contributed by atoms with Crippen molar-refractivity contribution in [2.75, 3.05) is 17.9 Å². The molecule has 0 unspecified atom stereocenters. The van der Waals surface area contributed by atoms with E-state index < -0.39 is 5.25 Å². The fourth-order valence-electron chi connectivity index (χ4n) is 3.58. The van der Waals surface area contributed by atoms with E-state index in [-0.39, 0.29) is 11.9 Å². The van der Waals surface area contributed by atoms with Crippen molar-refractivity contribution in [3.8, 4) is 5.75 Å². The van der Waals surface area contributed by atoms with Crippen LogP contribution in [0.2, 0.25) is 0 Å². The van der Waals surface area contributed by atoms with Crippen LogP contribution in [0.15, 0.2) is 53.7 Å². The average molecular weight is 438 g/mol. The highest BCUT2D eigenvalue weighted by atomic mass is 32.2. The molecule has 2 aromatic carbocycles. The number of anilines is 1. The Balaban J connectivity index is 1.63. The third-order valence-corrected chi connectivity index (χ3v) is 6.56. The van der Waals surface area contributed by atoms with Gasteiger partial charge in [0, 0.05) is 12.1 Å². The summed E-state index contributed by atoms with van der Waals surface area (Å²) in [4.78, 5) is 13.3. The molecule has 31 heavy (non-hydrogen) atoms. The average Bonchev–Trinajstić information content (AvgIpc) is 3.21. The van der Waals surface area contributed by atoms with Crippen LogP contribution in [0.1, 0.15) is 43.3 Å². The minimum atomic E-state index is -0.412. The zero-order valence-electron chi connectivity index (χ0n) is 18.0. The van der Waals surface area contributed by atoms with Gasteiger partial charge in [-0.3, -0.25) is 4.79 Å². The summed E-state index contributed by atoms with van der Waals surface area (Å²) in [7, 11) is 1.64. The Kier molecular flexibility index (Phi) is 6.46. The summed E-state index contributed by atoms with van der Waals surface area (Å²) in [5.41, 5.74) is 6.51. The number of aryl methyl sites for hydroxylation is 2. The molecule has 2 heterocycles. The third-order valence-electron chi connectivity index (χ3n) is 5.34. The molecule has 4 rings (SSSR count). The van der Waals surface area contributed by atoms with Crippen LogP contribution in [0.25, 0.3) is 0 Å². The van der Waals surface area contributed by atoms with Crippen LogP contribution < -0.4 is 15.5 Å². The number of fused-ring (bicyclic) bond motifs is 1. The SMILES string of the molecule is CCCc1nnc2n1N[C@@H](c1ccc(OC)cc1)[C@H](C(=O)Nc1ccc(CC)cc1)S2. The summed E-state index contributed by atoms with van der Waals surface area (Å²) >= 11 is 1.44. The number of benzene rings is 2. The minimum Gasteiger partial charge on any atom is -0.497 e. The molecular formula is C23H27N5O2S. The van der Waals surface area contributed by atoms with Crippen molar-refractivity contribution in [1.29, 1.82) is 0 Å². The molecule has 3 aromatic rings. The number of amides is 1. The first kappa shape index (κ1) is 21.2. The number of hydrogen-bond acceptors (Lipinski definition) is 6. The van der Waals surface area contributed by atoms with Gasteiger partial charge >= 0.3 is 0 Å². The van der Waals surface area contributed by atoms with Crippen LogP contribution in [0, 0.1) is 0 Å². The van der Waals surface area contributed by atoms with E-state index in [2.05, 4.69) is 34.8 Å². The topological polar surface area (TPSA) is 81.1 Å². The summed E-state index contributed by atoms with van der Waals surface area (Å²) in [5, 5.41) is 12.0. The van der Waals surface area contributed by atoms with E-state index in [1.165, 1.54) is 17.3 Å². The first-order chi connectivity index (χ1) is 15.1. The normalized spacial score (nSPS) is 17.5. The van der Waals surface area contributed by atoms with Crippen molar-refractivity contribution in [2.24, 2.45) is 0 Å². The second kappa shape index (κ2) is 9.43. The van der Waals surface area contributed by atoms with Gasteiger partial charge in [0.15, 0.2) is 5.82 Å². The van der Waals surface area contributed by atoms with E-state index in [1.807, 2.05) is 53.2 Å². The van der Waals surface area contributed by atoms with Crippen molar-refractivity contribution in [3.63, 3.8) is 0 Å². The number of hydrogen-bond donors (Lipinski definition) is 2. The summed E-state index contributed by atoms with van der Waals surface area (Å²) < 4.78 is 7.21. The third kappa shape index (κ3) is 4.54. The van der Waals surface area contributed by atoms with Crippen molar-refractivity contribution in [2.45, 2.75) is 49.6 Å². The molecule has 0 spiro atoms. The van der Waals surface area contributed by atoms with Crippen molar-refractivity contribution < 1.29 is 9.53 Å². The van der Waals surface area contributed by atoms with Crippen LogP contribution in [-0.2, 0) is 17.6 Å². The fourth-order valence-corrected chi connectivity index (χ4v) is 4.68. The highest BCUT2D eigenvalue weighted by Crippen LogP contribution is 2.38. The van der Waals surface area contributed by atoms with Crippen LogP contribution in [0.4, 0.5) is 5.69 Å². The lowest BCUT2D eigenvalue weighted by Crippen LogP contribution is -2.41. The van der Waals surface area contributed by atoms with Crippen LogP contribution in [-0.4, -0.2) is 33.1 Å². The number of rotatable bonds is 7. The molecule has 162 valence electrons. The molecule has 1 amide bonds. The molecule has 2 atom stereocenters. The smallest absolute Gasteiger partial charge is 0.240 e. The van der Waals surface area contributed by atoms with Gasteiger partial charge in [-0.15, -0.1) is 10.2 Å². The summed E-state index contributed by atoms with van der Waals surface area (Å²) in [6.07, 6.45) is 2.75. The maximum absolute atomic E-state index is 13.3. The number of ether oxygens (including phenoxy) is 1. The van der Waals surface area contributed by atoms with E-state index in [9.17, 15) is 4.79 Å². The Hall–Kier alpha value is -3.00. The maximum Gasteiger partial charge on any atom is 0.240 e. The lowest BCUT2D eigenvalue weighted by molar-refractivity contribution is -0.116. The molecule has 7 nitrogen and oxygen atoms in total. The van der Waals surface area contributed by atoms with Crippen molar-refractivity contribution in [3.05, 3.63) is 65.5 Å². The number of carbonyl (C=O) groups excluding carboxylic acids is 1. The molecule has 1 aliphatic heterocycles. The first-order valence-corrected chi connectivity index (χ1v) is 11.4. The molecule has 0 saturated carbocycles. The second-order valence-corrected chi connectivity index (χ2v) is 8.55. The van der Waals surface area contributed by atoms with Gasteiger partial charge in [-0.1, -0.05) is 49.9 Å². The molecule has 0 aliphatic carbocycles. The van der Waals surface area contributed by atoms with Crippen LogP contribution >= 0.6 is 11.8 Å². The fraction of sp³-hybridized carbons (Fsp3) is 0.348. The number of thioether (sulfide) groups is 1. The molecule has 2 N–H and O–H groups in total. The number of methoxy groups -OCH3 is 1. The monoisotopic (exact) mass is 437 g/mol. The molecule has 8 heteroatoms. The van der Waals surface area contributed by atoms with Crippen LogP contribution in [0.3, 0.4) is 0 Å². The van der Waals surface area contributed by atoms with Gasteiger partial charge in [0.1, 0.15) is 11.0 Å². The number of aromatic nitrogens is 3. The molecular weight excluding hydrogens is 410 g/mol. The molecule has 1 aliphatic rings. The number of carbonyl (C=O) groups is 1. The molecule has 1 aromatic heterocycles. The van der Waals surface area contributed by atoms with Gasteiger partial charge in [-0.2, -0.15) is 0 Å². The number of nitrogens with one attached hydrogen (secondary N) is 2. The largest absolute Gasteiger partial charge is 0.497 e. The molecule has 0 radical (unpaired) electrons. The van der Waals surface area contributed by atoms with Gasteiger partial charge in [-0.25, -0.2) is 4.68 Å². The predicted octanol–water partition coefficient (Wildman–Crippen LogP) is 4.20. The van der Waals surface area contributed by atoms with E-state index in [0.717, 1.165) is 42.1 Å². The Morgan fingerprint density at radius 1 is 1.13 bits per heavy atom. The summed E-state index contributed by atoms with van der Waals surface area (Å²) in [6.45, 7) is 4.22. The second-order valence-electron chi connectivity index (χ2n) is 7.44. The predicted molar refractivity (Wildman–Crippen MR) is 123 cm³/mol. The van der Waals surface area contributed by atoms with Crippen molar-refractivity contribution >= 4 is 23.4 Å². The lowest BCUT2D eigenvalue weighted by Gasteiger charge is -2.33. The molecule has 0 fully saturated rings. The lowest BCUT2D eigenvalue weighted by atomic mass is 10.0. The zero-order chi connectivity index (χ0) is 21.8. The highest BCUT2D eigenvalue weighted by molar-refractivity contribution is 8.00. The first-order valence-electron chi connectivity index (χ1n) is 10.5. The van der Waals surface area contributed by atoms with Crippen molar-refractivity contribution in [1.82, 2.24) is 14.9 Å². The van der Waals surface area contributed by atoms with E-state index in [1.54, 1.807) is 7.11 Å². The Morgan fingerprint density at radius 3 is 2.52 bits per heavy atom. The van der Waals surface area contributed by atoms with Gasteiger partial charge in [0.05, 0.1) is 13.2 Å².